The number of carbonyl (C=O) groups is 2. The van der Waals surface area contributed by atoms with Gasteiger partial charge in [0.15, 0.2) is 0 Å². The molecule has 1 unspecified atom stereocenters. The summed E-state index contributed by atoms with van der Waals surface area (Å²) in [6.07, 6.45) is 14.8. The maximum Gasteiger partial charge on any atom is 0.246 e. The van der Waals surface area contributed by atoms with Crippen molar-refractivity contribution in [2.75, 3.05) is 37.7 Å². The number of carbonyl (C=O) groups excluding carboxylic acids is 2. The first kappa shape index (κ1) is 36.4. The largest absolute Gasteiger partial charge is 0.344 e. The molecule has 0 saturated heterocycles. The maximum absolute atomic E-state index is 12.9. The summed E-state index contributed by atoms with van der Waals surface area (Å²) < 4.78 is 0. The standard InChI is InChI=1S/C23H48N4O2S.2ClH/c1-3-4-5-6-7-8-9-10-11-12-19-30-20-22(26-21(2)28)23(29)27(17-13-15-24)18-14-16-25;;/h22H,3-20,24-25H2,1-2H3,(H,26,28);2*1H. The maximum atomic E-state index is 12.9. The molecule has 0 aliphatic carbocycles. The minimum atomic E-state index is -0.467. The fraction of sp³-hybridized carbons (Fsp3) is 0.913. The molecule has 0 saturated carbocycles. The average Bonchev–Trinajstić information content (AvgIpc) is 2.73. The highest BCUT2D eigenvalue weighted by molar-refractivity contribution is 7.99. The lowest BCUT2D eigenvalue weighted by atomic mass is 10.1. The Hall–Kier alpha value is -0.210. The molecule has 0 bridgehead atoms. The molecule has 0 aromatic heterocycles. The minimum Gasteiger partial charge on any atom is -0.344 e. The van der Waals surface area contributed by atoms with Crippen LogP contribution >= 0.6 is 36.6 Å². The Balaban J connectivity index is -0.00000420. The van der Waals surface area contributed by atoms with Gasteiger partial charge in [-0.3, -0.25) is 9.59 Å². The average molecular weight is 518 g/mol. The number of rotatable bonds is 21. The van der Waals surface area contributed by atoms with Crippen LogP contribution in [0, 0.1) is 0 Å². The fourth-order valence-corrected chi connectivity index (χ4v) is 4.47. The van der Waals surface area contributed by atoms with Gasteiger partial charge < -0.3 is 21.7 Å². The number of unbranched alkanes of at least 4 members (excludes halogenated alkanes) is 9. The van der Waals surface area contributed by atoms with Gasteiger partial charge in [0, 0.05) is 25.8 Å². The third-order valence-electron chi connectivity index (χ3n) is 5.18. The van der Waals surface area contributed by atoms with Gasteiger partial charge in [0.2, 0.25) is 11.8 Å². The number of hydrogen-bond donors (Lipinski definition) is 3. The molecular formula is C23H50Cl2N4O2S. The van der Waals surface area contributed by atoms with E-state index in [2.05, 4.69) is 12.2 Å². The van der Waals surface area contributed by atoms with E-state index in [9.17, 15) is 9.59 Å². The zero-order chi connectivity index (χ0) is 22.5. The number of nitrogens with two attached hydrogens (primary N) is 2. The van der Waals surface area contributed by atoms with Gasteiger partial charge >= 0.3 is 0 Å². The number of hydrogen-bond acceptors (Lipinski definition) is 5. The summed E-state index contributed by atoms with van der Waals surface area (Å²) in [5, 5.41) is 2.84. The molecular weight excluding hydrogens is 467 g/mol. The minimum absolute atomic E-state index is 0. The van der Waals surface area contributed by atoms with E-state index < -0.39 is 6.04 Å². The molecule has 0 spiro atoms. The molecule has 0 heterocycles. The van der Waals surface area contributed by atoms with Crippen molar-refractivity contribution >= 4 is 48.4 Å². The molecule has 2 amide bonds. The predicted molar refractivity (Wildman–Crippen MR) is 145 cm³/mol. The van der Waals surface area contributed by atoms with E-state index >= 15 is 0 Å². The van der Waals surface area contributed by atoms with Crippen LogP contribution in [-0.4, -0.2) is 60.4 Å². The van der Waals surface area contributed by atoms with E-state index in [0.717, 1.165) is 18.6 Å². The van der Waals surface area contributed by atoms with Gasteiger partial charge in [-0.25, -0.2) is 0 Å². The van der Waals surface area contributed by atoms with Crippen LogP contribution in [0.3, 0.4) is 0 Å². The topological polar surface area (TPSA) is 101 Å². The summed E-state index contributed by atoms with van der Waals surface area (Å²) in [5.74, 6) is 1.48. The van der Waals surface area contributed by atoms with E-state index in [1.54, 1.807) is 16.7 Å². The van der Waals surface area contributed by atoms with Crippen molar-refractivity contribution in [1.82, 2.24) is 10.2 Å². The second kappa shape index (κ2) is 27.0. The third-order valence-corrected chi connectivity index (χ3v) is 6.32. The van der Waals surface area contributed by atoms with Gasteiger partial charge in [0.1, 0.15) is 6.04 Å². The first-order valence-electron chi connectivity index (χ1n) is 12.1. The molecule has 0 radical (unpaired) electrons. The SMILES string of the molecule is CCCCCCCCCCCCSCC(NC(C)=O)C(=O)N(CCCN)CCCN.Cl.Cl. The number of nitrogens with one attached hydrogen (secondary N) is 1. The number of thioether (sulfide) groups is 1. The molecule has 0 rings (SSSR count). The number of halogens is 2. The molecule has 1 atom stereocenters. The first-order valence-corrected chi connectivity index (χ1v) is 13.3. The first-order chi connectivity index (χ1) is 14.6. The highest BCUT2D eigenvalue weighted by Crippen LogP contribution is 2.14. The molecule has 9 heteroatoms. The summed E-state index contributed by atoms with van der Waals surface area (Å²) >= 11 is 1.76. The Morgan fingerprint density at radius 2 is 1.28 bits per heavy atom. The number of nitrogens with zero attached hydrogens (tertiary/aromatic N) is 1. The second-order valence-corrected chi connectivity index (χ2v) is 9.27. The van der Waals surface area contributed by atoms with Crippen LogP contribution in [-0.2, 0) is 9.59 Å². The Kier molecular flexibility index (Phi) is 30.7. The normalized spacial score (nSPS) is 11.2. The van der Waals surface area contributed by atoms with Gasteiger partial charge in [-0.2, -0.15) is 11.8 Å². The predicted octanol–water partition coefficient (Wildman–Crippen LogP) is 4.52. The van der Waals surface area contributed by atoms with Crippen LogP contribution in [0.4, 0.5) is 0 Å². The van der Waals surface area contributed by atoms with Crippen molar-refractivity contribution in [2.24, 2.45) is 11.5 Å². The van der Waals surface area contributed by atoms with Crippen molar-refractivity contribution in [3.05, 3.63) is 0 Å². The summed E-state index contributed by atoms with van der Waals surface area (Å²) in [4.78, 5) is 26.3. The molecule has 32 heavy (non-hydrogen) atoms. The van der Waals surface area contributed by atoms with E-state index in [1.807, 2.05) is 0 Å². The van der Waals surface area contributed by atoms with Crippen molar-refractivity contribution in [1.29, 1.82) is 0 Å². The van der Waals surface area contributed by atoms with Crippen LogP contribution in [0.2, 0.25) is 0 Å². The van der Waals surface area contributed by atoms with E-state index in [0.29, 0.717) is 31.9 Å². The van der Waals surface area contributed by atoms with Gasteiger partial charge in [0.05, 0.1) is 0 Å². The second-order valence-electron chi connectivity index (χ2n) is 8.12. The molecule has 0 fully saturated rings. The van der Waals surface area contributed by atoms with Crippen molar-refractivity contribution in [2.45, 2.75) is 96.9 Å². The van der Waals surface area contributed by atoms with Crippen LogP contribution in [0.5, 0.6) is 0 Å². The Morgan fingerprint density at radius 1 is 0.812 bits per heavy atom. The van der Waals surface area contributed by atoms with Crippen LogP contribution < -0.4 is 16.8 Å². The van der Waals surface area contributed by atoms with Gasteiger partial charge in [-0.1, -0.05) is 64.7 Å². The van der Waals surface area contributed by atoms with E-state index in [1.165, 1.54) is 71.1 Å². The summed E-state index contributed by atoms with van der Waals surface area (Å²) in [6, 6.07) is -0.467. The van der Waals surface area contributed by atoms with Crippen LogP contribution in [0.25, 0.3) is 0 Å². The lowest BCUT2D eigenvalue weighted by Gasteiger charge is -2.27. The molecule has 0 aliphatic heterocycles. The molecule has 0 aromatic rings. The summed E-state index contributed by atoms with van der Waals surface area (Å²) in [6.45, 7) is 6.06. The summed E-state index contributed by atoms with van der Waals surface area (Å²) in [5.41, 5.74) is 11.2. The van der Waals surface area contributed by atoms with Crippen molar-refractivity contribution < 1.29 is 9.59 Å². The Morgan fingerprint density at radius 3 is 1.72 bits per heavy atom. The highest BCUT2D eigenvalue weighted by atomic mass is 35.5. The van der Waals surface area contributed by atoms with Crippen molar-refractivity contribution in [3.8, 4) is 0 Å². The lowest BCUT2D eigenvalue weighted by Crippen LogP contribution is -2.50. The lowest BCUT2D eigenvalue weighted by molar-refractivity contribution is -0.135. The summed E-state index contributed by atoms with van der Waals surface area (Å²) in [7, 11) is 0. The fourth-order valence-electron chi connectivity index (χ4n) is 3.43. The third kappa shape index (κ3) is 21.6. The molecule has 194 valence electrons. The zero-order valence-electron chi connectivity index (χ0n) is 20.4. The van der Waals surface area contributed by atoms with Gasteiger partial charge in [-0.15, -0.1) is 24.8 Å². The van der Waals surface area contributed by atoms with Gasteiger partial charge in [-0.05, 0) is 38.1 Å². The monoisotopic (exact) mass is 516 g/mol. The van der Waals surface area contributed by atoms with Crippen molar-refractivity contribution in [3.63, 3.8) is 0 Å². The quantitative estimate of drug-likeness (QED) is 0.195. The molecule has 0 aliphatic rings. The van der Waals surface area contributed by atoms with E-state index in [4.69, 9.17) is 11.5 Å². The smallest absolute Gasteiger partial charge is 0.246 e. The Labute approximate surface area is 214 Å². The molecule has 5 N–H and O–H groups in total. The van der Waals surface area contributed by atoms with Crippen LogP contribution in [0.1, 0.15) is 90.9 Å². The molecule has 6 nitrogen and oxygen atoms in total. The van der Waals surface area contributed by atoms with E-state index in [-0.39, 0.29) is 36.6 Å². The van der Waals surface area contributed by atoms with Gasteiger partial charge in [0.25, 0.3) is 0 Å². The molecule has 0 aromatic carbocycles. The van der Waals surface area contributed by atoms with Crippen LogP contribution in [0.15, 0.2) is 0 Å². The highest BCUT2D eigenvalue weighted by Gasteiger charge is 2.24. The zero-order valence-corrected chi connectivity index (χ0v) is 22.9. The Bertz CT molecular complexity index is 427. The number of amides is 2.